The first-order valence-corrected chi connectivity index (χ1v) is 5.01. The van der Waals surface area contributed by atoms with E-state index < -0.39 is 5.97 Å². The van der Waals surface area contributed by atoms with Crippen LogP contribution in [0.25, 0.3) is 5.95 Å². The number of carbonyl (C=O) groups is 1. The van der Waals surface area contributed by atoms with Crippen molar-refractivity contribution in [1.82, 2.24) is 19.7 Å². The lowest BCUT2D eigenvalue weighted by atomic mass is 10.3. The van der Waals surface area contributed by atoms with Crippen LogP contribution in [0.4, 0.5) is 5.69 Å². The van der Waals surface area contributed by atoms with Gasteiger partial charge >= 0.3 is 5.97 Å². The molecule has 2 rings (SSSR count). The summed E-state index contributed by atoms with van der Waals surface area (Å²) >= 11 is 0. The summed E-state index contributed by atoms with van der Waals surface area (Å²) in [5.74, 6) is -0.731. The number of hydrogen-bond donors (Lipinski definition) is 2. The summed E-state index contributed by atoms with van der Waals surface area (Å²) in [5, 5.41) is 12.7. The van der Waals surface area contributed by atoms with Gasteiger partial charge in [-0.05, 0) is 6.42 Å². The van der Waals surface area contributed by atoms with Crippen molar-refractivity contribution in [2.24, 2.45) is 0 Å². The molecule has 2 heterocycles. The molecule has 0 bridgehead atoms. The maximum atomic E-state index is 10.7. The fraction of sp³-hybridized carbons (Fsp3) is 0.200. The summed E-state index contributed by atoms with van der Waals surface area (Å²) in [6, 6.07) is 0. The second-order valence-electron chi connectivity index (χ2n) is 3.40. The molecule has 0 unspecified atom stereocenters. The molecule has 0 fully saturated rings. The van der Waals surface area contributed by atoms with Crippen molar-refractivity contribution in [1.29, 1.82) is 0 Å². The summed E-state index contributed by atoms with van der Waals surface area (Å²) in [7, 11) is 0. The minimum atomic E-state index is -1.04. The predicted octanol–water partition coefficient (Wildman–Crippen LogP) is 0.505. The normalized spacial score (nSPS) is 10.4. The average molecular weight is 233 g/mol. The van der Waals surface area contributed by atoms with E-state index in [0.29, 0.717) is 23.8 Å². The highest BCUT2D eigenvalue weighted by Gasteiger charge is 2.10. The van der Waals surface area contributed by atoms with E-state index in [2.05, 4.69) is 15.1 Å². The first kappa shape index (κ1) is 11.1. The molecule has 0 aliphatic rings. The van der Waals surface area contributed by atoms with Crippen LogP contribution in [0.5, 0.6) is 0 Å². The van der Waals surface area contributed by atoms with Crippen LogP contribution in [0.2, 0.25) is 0 Å². The van der Waals surface area contributed by atoms with E-state index in [4.69, 9.17) is 10.8 Å². The molecule has 0 amide bonds. The van der Waals surface area contributed by atoms with Gasteiger partial charge in [0.15, 0.2) is 0 Å². The standard InChI is InChI=1S/C10H11N5O2/c1-2-8-7(11)4-12-10(14-8)15-5-6(3-13-15)9(16)17/h3-5H,2,11H2,1H3,(H,16,17). The molecule has 0 radical (unpaired) electrons. The predicted molar refractivity (Wildman–Crippen MR) is 59.9 cm³/mol. The number of aryl methyl sites for hydroxylation is 1. The Hall–Kier alpha value is -2.44. The molecule has 0 spiro atoms. The van der Waals surface area contributed by atoms with Crippen LogP contribution in [-0.2, 0) is 6.42 Å². The molecule has 0 aliphatic carbocycles. The minimum absolute atomic E-state index is 0.0865. The number of nitrogens with two attached hydrogens (primary N) is 1. The van der Waals surface area contributed by atoms with E-state index in [1.165, 1.54) is 23.3 Å². The minimum Gasteiger partial charge on any atom is -0.478 e. The molecule has 0 saturated heterocycles. The zero-order valence-electron chi connectivity index (χ0n) is 9.16. The van der Waals surface area contributed by atoms with Crippen LogP contribution < -0.4 is 5.73 Å². The number of nitrogens with zero attached hydrogens (tertiary/aromatic N) is 4. The molecule has 3 N–H and O–H groups in total. The molecule has 7 heteroatoms. The summed E-state index contributed by atoms with van der Waals surface area (Å²) < 4.78 is 1.31. The number of nitrogen functional groups attached to an aromatic ring is 1. The topological polar surface area (TPSA) is 107 Å². The fourth-order valence-corrected chi connectivity index (χ4v) is 1.35. The number of carboxylic acids is 1. The molecule has 0 aromatic carbocycles. The summed E-state index contributed by atoms with van der Waals surface area (Å²) in [6.45, 7) is 1.92. The lowest BCUT2D eigenvalue weighted by molar-refractivity contribution is 0.0697. The van der Waals surface area contributed by atoms with Crippen molar-refractivity contribution in [3.63, 3.8) is 0 Å². The maximum Gasteiger partial charge on any atom is 0.338 e. The van der Waals surface area contributed by atoms with Gasteiger partial charge < -0.3 is 10.8 Å². The smallest absolute Gasteiger partial charge is 0.338 e. The second kappa shape index (κ2) is 4.20. The highest BCUT2D eigenvalue weighted by atomic mass is 16.4. The fourth-order valence-electron chi connectivity index (χ4n) is 1.35. The Balaban J connectivity index is 2.42. The molecular formula is C10H11N5O2. The number of hydrogen-bond acceptors (Lipinski definition) is 5. The lowest BCUT2D eigenvalue weighted by Gasteiger charge is -2.04. The molecule has 2 aromatic rings. The Morgan fingerprint density at radius 3 is 2.88 bits per heavy atom. The van der Waals surface area contributed by atoms with Crippen LogP contribution in [0, 0.1) is 0 Å². The van der Waals surface area contributed by atoms with Crippen molar-refractivity contribution in [2.45, 2.75) is 13.3 Å². The van der Waals surface area contributed by atoms with Crippen LogP contribution in [-0.4, -0.2) is 30.8 Å². The zero-order valence-corrected chi connectivity index (χ0v) is 9.16. The third-order valence-electron chi connectivity index (χ3n) is 2.26. The van der Waals surface area contributed by atoms with Crippen molar-refractivity contribution in [2.75, 3.05) is 5.73 Å². The van der Waals surface area contributed by atoms with Gasteiger partial charge in [-0.3, -0.25) is 0 Å². The Kier molecular flexibility index (Phi) is 2.73. The quantitative estimate of drug-likeness (QED) is 0.799. The largest absolute Gasteiger partial charge is 0.478 e. The summed E-state index contributed by atoms with van der Waals surface area (Å²) in [5.41, 5.74) is 7.00. The van der Waals surface area contributed by atoms with Gasteiger partial charge in [0, 0.05) is 6.20 Å². The van der Waals surface area contributed by atoms with Crippen LogP contribution in [0.1, 0.15) is 23.0 Å². The number of anilines is 1. The molecular weight excluding hydrogens is 222 g/mol. The first-order valence-electron chi connectivity index (χ1n) is 5.01. The van der Waals surface area contributed by atoms with E-state index in [-0.39, 0.29) is 5.56 Å². The molecule has 7 nitrogen and oxygen atoms in total. The number of rotatable bonds is 3. The molecule has 0 saturated carbocycles. The Morgan fingerprint density at radius 2 is 2.29 bits per heavy atom. The number of aromatic nitrogens is 4. The highest BCUT2D eigenvalue weighted by Crippen LogP contribution is 2.10. The van der Waals surface area contributed by atoms with Crippen molar-refractivity contribution in [3.8, 4) is 5.95 Å². The van der Waals surface area contributed by atoms with E-state index in [1.54, 1.807) is 0 Å². The van der Waals surface area contributed by atoms with E-state index in [9.17, 15) is 4.79 Å². The van der Waals surface area contributed by atoms with Crippen molar-refractivity contribution in [3.05, 3.63) is 29.8 Å². The van der Waals surface area contributed by atoms with Crippen molar-refractivity contribution >= 4 is 11.7 Å². The van der Waals surface area contributed by atoms with Gasteiger partial charge in [-0.1, -0.05) is 6.92 Å². The van der Waals surface area contributed by atoms with Gasteiger partial charge in [-0.15, -0.1) is 0 Å². The first-order chi connectivity index (χ1) is 8.11. The van der Waals surface area contributed by atoms with Crippen LogP contribution >= 0.6 is 0 Å². The maximum absolute atomic E-state index is 10.7. The lowest BCUT2D eigenvalue weighted by Crippen LogP contribution is -2.06. The molecule has 0 atom stereocenters. The summed E-state index contributed by atoms with van der Waals surface area (Å²) in [4.78, 5) is 18.9. The summed E-state index contributed by atoms with van der Waals surface area (Å²) in [6.07, 6.45) is 4.76. The number of carboxylic acid groups (broad SMARTS) is 1. The van der Waals surface area contributed by atoms with Gasteiger partial charge in [0.25, 0.3) is 5.95 Å². The average Bonchev–Trinajstić information content (AvgIpc) is 2.79. The number of aromatic carboxylic acids is 1. The highest BCUT2D eigenvalue weighted by molar-refractivity contribution is 5.86. The third-order valence-corrected chi connectivity index (χ3v) is 2.26. The molecule has 17 heavy (non-hydrogen) atoms. The Morgan fingerprint density at radius 1 is 1.53 bits per heavy atom. The van der Waals surface area contributed by atoms with E-state index in [1.807, 2.05) is 6.92 Å². The molecule has 2 aromatic heterocycles. The van der Waals surface area contributed by atoms with Gasteiger partial charge in [-0.25, -0.2) is 19.4 Å². The molecule has 0 aliphatic heterocycles. The van der Waals surface area contributed by atoms with Gasteiger partial charge in [0.05, 0.1) is 29.3 Å². The van der Waals surface area contributed by atoms with Crippen LogP contribution in [0.15, 0.2) is 18.6 Å². The second-order valence-corrected chi connectivity index (χ2v) is 3.40. The van der Waals surface area contributed by atoms with Crippen molar-refractivity contribution < 1.29 is 9.90 Å². The molecule has 88 valence electrons. The zero-order chi connectivity index (χ0) is 12.4. The van der Waals surface area contributed by atoms with E-state index >= 15 is 0 Å². The third kappa shape index (κ3) is 2.07. The van der Waals surface area contributed by atoms with Gasteiger partial charge in [0.2, 0.25) is 0 Å². The Bertz CT molecular complexity index is 564. The SMILES string of the molecule is CCc1nc(-n2cc(C(=O)O)cn2)ncc1N. The Labute approximate surface area is 96.9 Å². The van der Waals surface area contributed by atoms with Gasteiger partial charge in [-0.2, -0.15) is 5.10 Å². The van der Waals surface area contributed by atoms with Crippen LogP contribution in [0.3, 0.4) is 0 Å². The van der Waals surface area contributed by atoms with Gasteiger partial charge in [0.1, 0.15) is 0 Å². The monoisotopic (exact) mass is 233 g/mol. The van der Waals surface area contributed by atoms with E-state index in [0.717, 1.165) is 0 Å².